The van der Waals surface area contributed by atoms with Gasteiger partial charge in [-0.1, -0.05) is 19.1 Å². The van der Waals surface area contributed by atoms with Crippen molar-refractivity contribution in [2.24, 2.45) is 10.7 Å². The van der Waals surface area contributed by atoms with Crippen LogP contribution in [0.15, 0.2) is 29.3 Å². The third-order valence-electron chi connectivity index (χ3n) is 2.50. The van der Waals surface area contributed by atoms with Crippen LogP contribution in [0, 0.1) is 0 Å². The summed E-state index contributed by atoms with van der Waals surface area (Å²) in [7, 11) is 0. The van der Waals surface area contributed by atoms with Crippen LogP contribution in [0.25, 0.3) is 0 Å². The predicted octanol–water partition coefficient (Wildman–Crippen LogP) is 2.12. The molecule has 20 heavy (non-hydrogen) atoms. The number of carbonyl (C=O) groups excluding carboxylic acids is 1. The van der Waals surface area contributed by atoms with Gasteiger partial charge in [0.25, 0.3) is 0 Å². The van der Waals surface area contributed by atoms with E-state index >= 15 is 0 Å². The molecule has 0 heterocycles. The fourth-order valence-electron chi connectivity index (χ4n) is 1.58. The van der Waals surface area contributed by atoms with Gasteiger partial charge in [-0.15, -0.1) is 24.0 Å². The predicted molar refractivity (Wildman–Crippen MR) is 94.6 cm³/mol. The number of benzene rings is 1. The van der Waals surface area contributed by atoms with E-state index in [9.17, 15) is 4.79 Å². The number of rotatable bonds is 6. The van der Waals surface area contributed by atoms with Gasteiger partial charge in [-0.05, 0) is 30.5 Å². The second kappa shape index (κ2) is 10.5. The largest absolute Gasteiger partial charge is 0.370 e. The zero-order valence-corrected chi connectivity index (χ0v) is 14.3. The van der Waals surface area contributed by atoms with Crippen LogP contribution < -0.4 is 16.4 Å². The lowest BCUT2D eigenvalue weighted by atomic mass is 10.1. The first-order valence-corrected chi connectivity index (χ1v) is 6.52. The first-order chi connectivity index (χ1) is 9.11. The number of nitrogens with two attached hydrogens (primary N) is 1. The van der Waals surface area contributed by atoms with Crippen LogP contribution >= 0.6 is 24.0 Å². The number of anilines is 1. The lowest BCUT2D eigenvalue weighted by molar-refractivity contribution is -0.114. The number of guanidine groups is 1. The van der Waals surface area contributed by atoms with Crippen molar-refractivity contribution >= 4 is 41.5 Å². The van der Waals surface area contributed by atoms with Gasteiger partial charge in [-0.3, -0.25) is 9.79 Å². The first-order valence-electron chi connectivity index (χ1n) is 6.52. The highest BCUT2D eigenvalue weighted by Crippen LogP contribution is 2.09. The second-order valence-corrected chi connectivity index (χ2v) is 4.32. The minimum Gasteiger partial charge on any atom is -0.370 e. The molecule has 6 heteroatoms. The molecule has 5 nitrogen and oxygen atoms in total. The number of hydrogen-bond donors (Lipinski definition) is 3. The minimum atomic E-state index is -0.0608. The quantitative estimate of drug-likeness (QED) is 0.396. The average Bonchev–Trinajstić information content (AvgIpc) is 2.38. The van der Waals surface area contributed by atoms with E-state index in [2.05, 4.69) is 22.5 Å². The highest BCUT2D eigenvalue weighted by atomic mass is 127. The molecule has 0 aliphatic carbocycles. The Labute approximate surface area is 137 Å². The Hall–Kier alpha value is -1.31. The van der Waals surface area contributed by atoms with Gasteiger partial charge in [0.2, 0.25) is 5.91 Å². The van der Waals surface area contributed by atoms with Crippen LogP contribution in [-0.2, 0) is 11.2 Å². The molecule has 0 spiro atoms. The molecule has 1 rings (SSSR count). The summed E-state index contributed by atoms with van der Waals surface area (Å²) in [5, 5.41) is 5.81. The first kappa shape index (κ1) is 18.7. The van der Waals surface area contributed by atoms with Crippen LogP contribution in [0.5, 0.6) is 0 Å². The molecule has 0 radical (unpaired) electrons. The van der Waals surface area contributed by atoms with E-state index in [1.54, 1.807) is 0 Å². The summed E-state index contributed by atoms with van der Waals surface area (Å²) in [6, 6.07) is 7.77. The highest BCUT2D eigenvalue weighted by Gasteiger charge is 1.97. The lowest BCUT2D eigenvalue weighted by Crippen LogP contribution is -2.33. The Bertz CT molecular complexity index is 431. The molecule has 0 aromatic heterocycles. The SMILES string of the molecule is CCCN=C(N)NCCc1ccc(NC(C)=O)cc1.I. The molecular weight excluding hydrogens is 367 g/mol. The molecule has 0 aliphatic heterocycles. The van der Waals surface area contributed by atoms with Crippen LogP contribution in [0.3, 0.4) is 0 Å². The van der Waals surface area contributed by atoms with Gasteiger partial charge in [0.1, 0.15) is 0 Å². The van der Waals surface area contributed by atoms with Gasteiger partial charge in [-0.25, -0.2) is 0 Å². The molecule has 0 atom stereocenters. The van der Waals surface area contributed by atoms with Gasteiger partial charge in [0.15, 0.2) is 5.96 Å². The van der Waals surface area contributed by atoms with Crippen molar-refractivity contribution in [3.63, 3.8) is 0 Å². The minimum absolute atomic E-state index is 0. The molecule has 1 aromatic carbocycles. The van der Waals surface area contributed by atoms with Crippen molar-refractivity contribution in [1.29, 1.82) is 0 Å². The van der Waals surface area contributed by atoms with E-state index in [1.807, 2.05) is 24.3 Å². The lowest BCUT2D eigenvalue weighted by Gasteiger charge is -2.07. The fraction of sp³-hybridized carbons (Fsp3) is 0.429. The number of carbonyl (C=O) groups is 1. The number of nitrogens with zero attached hydrogens (tertiary/aromatic N) is 1. The maximum atomic E-state index is 10.9. The third kappa shape index (κ3) is 7.98. The Morgan fingerprint density at radius 2 is 1.95 bits per heavy atom. The van der Waals surface area contributed by atoms with Gasteiger partial charge < -0.3 is 16.4 Å². The summed E-state index contributed by atoms with van der Waals surface area (Å²) in [6.45, 7) is 5.06. The standard InChI is InChI=1S/C14H22N4O.HI/c1-3-9-16-14(15)17-10-8-12-4-6-13(7-5-12)18-11(2)19;/h4-7H,3,8-10H2,1-2H3,(H,18,19)(H3,15,16,17);1H. The monoisotopic (exact) mass is 390 g/mol. The van der Waals surface area contributed by atoms with Crippen molar-refractivity contribution in [1.82, 2.24) is 5.32 Å². The van der Waals surface area contributed by atoms with Gasteiger partial charge in [-0.2, -0.15) is 0 Å². The molecule has 0 unspecified atom stereocenters. The van der Waals surface area contributed by atoms with Crippen LogP contribution in [-0.4, -0.2) is 25.0 Å². The normalized spacial score (nSPS) is 10.6. The smallest absolute Gasteiger partial charge is 0.221 e. The Morgan fingerprint density at radius 3 is 2.50 bits per heavy atom. The third-order valence-corrected chi connectivity index (χ3v) is 2.50. The van der Waals surface area contributed by atoms with Gasteiger partial charge >= 0.3 is 0 Å². The number of amides is 1. The van der Waals surface area contributed by atoms with Gasteiger partial charge in [0, 0.05) is 25.7 Å². The zero-order valence-electron chi connectivity index (χ0n) is 12.0. The topological polar surface area (TPSA) is 79.5 Å². The molecule has 0 saturated heterocycles. The maximum absolute atomic E-state index is 10.9. The molecule has 1 aromatic rings. The van der Waals surface area contributed by atoms with Crippen LogP contribution in [0.1, 0.15) is 25.8 Å². The van der Waals surface area contributed by atoms with Crippen LogP contribution in [0.2, 0.25) is 0 Å². The number of hydrogen-bond acceptors (Lipinski definition) is 2. The number of halogens is 1. The molecule has 112 valence electrons. The molecule has 0 bridgehead atoms. The fourth-order valence-corrected chi connectivity index (χ4v) is 1.58. The summed E-state index contributed by atoms with van der Waals surface area (Å²) < 4.78 is 0. The highest BCUT2D eigenvalue weighted by molar-refractivity contribution is 14.0. The van der Waals surface area contributed by atoms with E-state index in [-0.39, 0.29) is 29.9 Å². The Balaban J connectivity index is 0.00000361. The molecule has 0 saturated carbocycles. The van der Waals surface area contributed by atoms with E-state index in [0.717, 1.165) is 31.6 Å². The maximum Gasteiger partial charge on any atom is 0.221 e. The van der Waals surface area contributed by atoms with Crippen molar-refractivity contribution in [2.75, 3.05) is 18.4 Å². The van der Waals surface area contributed by atoms with E-state index in [4.69, 9.17) is 5.73 Å². The summed E-state index contributed by atoms with van der Waals surface area (Å²) in [5.41, 5.74) is 7.69. The Morgan fingerprint density at radius 1 is 1.30 bits per heavy atom. The van der Waals surface area contributed by atoms with Crippen LogP contribution in [0.4, 0.5) is 5.69 Å². The van der Waals surface area contributed by atoms with E-state index in [0.29, 0.717) is 5.96 Å². The summed E-state index contributed by atoms with van der Waals surface area (Å²) in [4.78, 5) is 15.0. The molecule has 0 fully saturated rings. The van der Waals surface area contributed by atoms with E-state index < -0.39 is 0 Å². The van der Waals surface area contributed by atoms with Crippen molar-refractivity contribution in [3.05, 3.63) is 29.8 Å². The van der Waals surface area contributed by atoms with Gasteiger partial charge in [0.05, 0.1) is 0 Å². The molecule has 4 N–H and O–H groups in total. The molecule has 1 amide bonds. The number of aliphatic imine (C=N–C) groups is 1. The zero-order chi connectivity index (χ0) is 14.1. The second-order valence-electron chi connectivity index (χ2n) is 4.32. The van der Waals surface area contributed by atoms with E-state index in [1.165, 1.54) is 12.5 Å². The number of nitrogens with one attached hydrogen (secondary N) is 2. The van der Waals surface area contributed by atoms with Crippen molar-refractivity contribution in [3.8, 4) is 0 Å². The van der Waals surface area contributed by atoms with Crippen molar-refractivity contribution in [2.45, 2.75) is 26.7 Å². The molecule has 0 aliphatic rings. The molecular formula is C14H23IN4O. The summed E-state index contributed by atoms with van der Waals surface area (Å²) in [5.74, 6) is 0.436. The summed E-state index contributed by atoms with van der Waals surface area (Å²) >= 11 is 0. The average molecular weight is 390 g/mol. The van der Waals surface area contributed by atoms with Crippen molar-refractivity contribution < 1.29 is 4.79 Å². The Kier molecular flexibility index (Phi) is 9.79. The summed E-state index contributed by atoms with van der Waals surface area (Å²) in [6.07, 6.45) is 1.86.